The average molecular weight is 256 g/mol. The van der Waals surface area contributed by atoms with Gasteiger partial charge >= 0.3 is 0 Å². The molecular formula is C14H28N2O2. The van der Waals surface area contributed by atoms with E-state index in [-0.39, 0.29) is 12.5 Å². The van der Waals surface area contributed by atoms with Gasteiger partial charge in [0.25, 0.3) is 0 Å². The Bertz CT molecular complexity index is 216. The predicted molar refractivity (Wildman–Crippen MR) is 73.4 cm³/mol. The Hall–Kier alpha value is -0.610. The summed E-state index contributed by atoms with van der Waals surface area (Å²) in [6.07, 6.45) is 9.44. The van der Waals surface area contributed by atoms with E-state index in [0.717, 1.165) is 45.2 Å². The number of piperidine rings is 1. The summed E-state index contributed by atoms with van der Waals surface area (Å²) in [7, 11) is 0. The van der Waals surface area contributed by atoms with E-state index >= 15 is 0 Å². The van der Waals surface area contributed by atoms with Crippen LogP contribution in [0.5, 0.6) is 0 Å². The van der Waals surface area contributed by atoms with Gasteiger partial charge in [0.05, 0.1) is 0 Å². The normalized spacial score (nSPS) is 19.7. The summed E-state index contributed by atoms with van der Waals surface area (Å²) in [5.74, 6) is 0.185. The molecule has 1 saturated heterocycles. The van der Waals surface area contributed by atoms with Crippen molar-refractivity contribution in [3.8, 4) is 0 Å². The molecule has 4 nitrogen and oxygen atoms in total. The molecule has 0 bridgehead atoms. The minimum absolute atomic E-state index is 0.185. The zero-order valence-corrected chi connectivity index (χ0v) is 11.4. The van der Waals surface area contributed by atoms with Crippen LogP contribution in [-0.2, 0) is 4.79 Å². The second-order valence-corrected chi connectivity index (χ2v) is 5.17. The minimum atomic E-state index is 0.185. The van der Waals surface area contributed by atoms with Crippen molar-refractivity contribution in [3.05, 3.63) is 0 Å². The topological polar surface area (TPSA) is 61.4 Å². The first kappa shape index (κ1) is 15.4. The van der Waals surface area contributed by atoms with E-state index < -0.39 is 0 Å². The maximum atomic E-state index is 11.6. The highest BCUT2D eigenvalue weighted by molar-refractivity contribution is 5.75. The van der Waals surface area contributed by atoms with Crippen LogP contribution in [-0.4, -0.2) is 36.8 Å². The summed E-state index contributed by atoms with van der Waals surface area (Å²) in [5.41, 5.74) is 0. The van der Waals surface area contributed by atoms with Crippen LogP contribution in [0.3, 0.4) is 0 Å². The number of carbonyl (C=O) groups is 1. The first-order chi connectivity index (χ1) is 8.83. The molecule has 0 aromatic carbocycles. The van der Waals surface area contributed by atoms with Crippen LogP contribution in [0.2, 0.25) is 0 Å². The number of carbonyl (C=O) groups excluding carboxylic acids is 1. The third-order valence-corrected chi connectivity index (χ3v) is 3.54. The zero-order chi connectivity index (χ0) is 13.1. The molecule has 1 aliphatic rings. The highest BCUT2D eigenvalue weighted by Crippen LogP contribution is 2.11. The largest absolute Gasteiger partial charge is 0.396 e. The van der Waals surface area contributed by atoms with Gasteiger partial charge in [-0.3, -0.25) is 4.79 Å². The lowest BCUT2D eigenvalue weighted by molar-refractivity contribution is -0.121. The number of amides is 1. The number of unbranched alkanes of at least 4 members (excludes halogenated alkanes) is 3. The summed E-state index contributed by atoms with van der Waals surface area (Å²) < 4.78 is 0. The van der Waals surface area contributed by atoms with E-state index in [0.29, 0.717) is 12.5 Å². The second kappa shape index (κ2) is 10.3. The number of hydrogen-bond acceptors (Lipinski definition) is 3. The summed E-state index contributed by atoms with van der Waals surface area (Å²) in [5, 5.41) is 15.1. The average Bonchev–Trinajstić information content (AvgIpc) is 2.41. The fourth-order valence-corrected chi connectivity index (χ4v) is 2.38. The van der Waals surface area contributed by atoms with Gasteiger partial charge in [-0.25, -0.2) is 0 Å². The quantitative estimate of drug-likeness (QED) is 0.549. The van der Waals surface area contributed by atoms with Gasteiger partial charge in [0.2, 0.25) is 5.91 Å². The Morgan fingerprint density at radius 2 is 2.06 bits per heavy atom. The predicted octanol–water partition coefficient (Wildman–Crippen LogP) is 1.58. The van der Waals surface area contributed by atoms with Crippen LogP contribution in [0.4, 0.5) is 0 Å². The SMILES string of the molecule is O=C(CCC1CCCCN1)NCCCCCCO. The smallest absolute Gasteiger partial charge is 0.220 e. The van der Waals surface area contributed by atoms with E-state index in [1.807, 2.05) is 0 Å². The van der Waals surface area contributed by atoms with E-state index in [2.05, 4.69) is 10.6 Å². The van der Waals surface area contributed by atoms with Crippen molar-refractivity contribution in [1.29, 1.82) is 0 Å². The van der Waals surface area contributed by atoms with Crippen molar-refractivity contribution in [2.24, 2.45) is 0 Å². The molecule has 4 heteroatoms. The molecular weight excluding hydrogens is 228 g/mol. The van der Waals surface area contributed by atoms with Gasteiger partial charge in [0.15, 0.2) is 0 Å². The Morgan fingerprint density at radius 1 is 1.22 bits per heavy atom. The van der Waals surface area contributed by atoms with Gasteiger partial charge in [0.1, 0.15) is 0 Å². The molecule has 1 heterocycles. The first-order valence-corrected chi connectivity index (χ1v) is 7.44. The molecule has 0 radical (unpaired) electrons. The summed E-state index contributed by atoms with van der Waals surface area (Å²) in [6.45, 7) is 2.17. The van der Waals surface area contributed by atoms with Gasteiger partial charge in [-0.15, -0.1) is 0 Å². The molecule has 1 aliphatic heterocycles. The second-order valence-electron chi connectivity index (χ2n) is 5.17. The van der Waals surface area contributed by atoms with Crippen LogP contribution in [0.15, 0.2) is 0 Å². The minimum Gasteiger partial charge on any atom is -0.396 e. The summed E-state index contributed by atoms with van der Waals surface area (Å²) >= 11 is 0. The molecule has 0 saturated carbocycles. The molecule has 1 atom stereocenters. The van der Waals surface area contributed by atoms with Gasteiger partial charge in [-0.05, 0) is 38.6 Å². The van der Waals surface area contributed by atoms with Crippen molar-refractivity contribution < 1.29 is 9.90 Å². The molecule has 106 valence electrons. The van der Waals surface area contributed by atoms with E-state index in [9.17, 15) is 4.79 Å². The van der Waals surface area contributed by atoms with E-state index in [1.54, 1.807) is 0 Å². The zero-order valence-electron chi connectivity index (χ0n) is 11.4. The van der Waals surface area contributed by atoms with Crippen molar-refractivity contribution >= 4 is 5.91 Å². The fraction of sp³-hybridized carbons (Fsp3) is 0.929. The van der Waals surface area contributed by atoms with Crippen LogP contribution in [0, 0.1) is 0 Å². The summed E-state index contributed by atoms with van der Waals surface area (Å²) in [4.78, 5) is 11.6. The van der Waals surface area contributed by atoms with Crippen molar-refractivity contribution in [2.45, 2.75) is 63.8 Å². The van der Waals surface area contributed by atoms with Crippen LogP contribution >= 0.6 is 0 Å². The fourth-order valence-electron chi connectivity index (χ4n) is 2.38. The number of nitrogens with one attached hydrogen (secondary N) is 2. The number of hydrogen-bond donors (Lipinski definition) is 3. The molecule has 0 aromatic heterocycles. The lowest BCUT2D eigenvalue weighted by Gasteiger charge is -2.23. The molecule has 0 aliphatic carbocycles. The van der Waals surface area contributed by atoms with Gasteiger partial charge in [-0.2, -0.15) is 0 Å². The first-order valence-electron chi connectivity index (χ1n) is 7.44. The third-order valence-electron chi connectivity index (χ3n) is 3.54. The maximum absolute atomic E-state index is 11.6. The number of aliphatic hydroxyl groups excluding tert-OH is 1. The molecule has 3 N–H and O–H groups in total. The van der Waals surface area contributed by atoms with Crippen molar-refractivity contribution in [1.82, 2.24) is 10.6 Å². The molecule has 0 aromatic rings. The lowest BCUT2D eigenvalue weighted by Crippen LogP contribution is -2.35. The molecule has 1 amide bonds. The lowest BCUT2D eigenvalue weighted by atomic mass is 10.0. The van der Waals surface area contributed by atoms with Crippen LogP contribution < -0.4 is 10.6 Å². The number of aliphatic hydroxyl groups is 1. The Labute approximate surface area is 111 Å². The van der Waals surface area contributed by atoms with Crippen LogP contribution in [0.25, 0.3) is 0 Å². The molecule has 1 fully saturated rings. The molecule has 18 heavy (non-hydrogen) atoms. The monoisotopic (exact) mass is 256 g/mol. The third kappa shape index (κ3) is 7.67. The molecule has 1 unspecified atom stereocenters. The van der Waals surface area contributed by atoms with Gasteiger partial charge in [0, 0.05) is 25.6 Å². The standard InChI is InChI=1S/C14H28N2O2/c17-12-6-2-1-4-11-16-14(18)9-8-13-7-3-5-10-15-13/h13,15,17H,1-12H2,(H,16,18). The van der Waals surface area contributed by atoms with Gasteiger partial charge < -0.3 is 15.7 Å². The Balaban J connectivity index is 1.90. The van der Waals surface area contributed by atoms with Crippen molar-refractivity contribution in [2.75, 3.05) is 19.7 Å². The highest BCUT2D eigenvalue weighted by atomic mass is 16.2. The summed E-state index contributed by atoms with van der Waals surface area (Å²) in [6, 6.07) is 0.550. The van der Waals surface area contributed by atoms with Crippen molar-refractivity contribution in [3.63, 3.8) is 0 Å². The highest BCUT2D eigenvalue weighted by Gasteiger charge is 2.13. The van der Waals surface area contributed by atoms with Gasteiger partial charge in [-0.1, -0.05) is 19.3 Å². The van der Waals surface area contributed by atoms with E-state index in [1.165, 1.54) is 19.3 Å². The van der Waals surface area contributed by atoms with E-state index in [4.69, 9.17) is 5.11 Å². The maximum Gasteiger partial charge on any atom is 0.220 e. The molecule has 0 spiro atoms. The Kier molecular flexibility index (Phi) is 8.86. The van der Waals surface area contributed by atoms with Crippen LogP contribution in [0.1, 0.15) is 57.8 Å². The number of rotatable bonds is 9. The molecule has 1 rings (SSSR count). The Morgan fingerprint density at radius 3 is 2.78 bits per heavy atom.